The first-order chi connectivity index (χ1) is 11.8. The fourth-order valence-corrected chi connectivity index (χ4v) is 3.06. The molecule has 140 valence electrons. The van der Waals surface area contributed by atoms with Crippen molar-refractivity contribution in [1.29, 1.82) is 0 Å². The van der Waals surface area contributed by atoms with Gasteiger partial charge in [0.25, 0.3) is 0 Å². The van der Waals surface area contributed by atoms with Crippen LogP contribution in [0.2, 0.25) is 0 Å². The Morgan fingerprint density at radius 3 is 2.68 bits per heavy atom. The summed E-state index contributed by atoms with van der Waals surface area (Å²) in [5.41, 5.74) is 0.234. The Kier molecular flexibility index (Phi) is 6.61. The number of hydrogen-bond donors (Lipinski definition) is 2. The molecule has 0 aliphatic heterocycles. The van der Waals surface area contributed by atoms with Gasteiger partial charge < -0.3 is 10.6 Å². The normalized spacial score (nSPS) is 21.9. The zero-order valence-corrected chi connectivity index (χ0v) is 14.0. The standard InChI is InChI=1S/C17H22F5N3/c1-23-16(24-8-7-11-9-13(18)5-6-15(11)19)25-14-4-2-3-12(10-14)17(20,21)22/h5-6,9,12,14H,2-4,7-8,10H2,1H3,(H2,23,24,25). The van der Waals surface area contributed by atoms with E-state index in [1.165, 1.54) is 7.05 Å². The van der Waals surface area contributed by atoms with Crippen molar-refractivity contribution in [3.63, 3.8) is 0 Å². The Hall–Kier alpha value is -1.86. The average molecular weight is 363 g/mol. The van der Waals surface area contributed by atoms with Crippen molar-refractivity contribution in [3.8, 4) is 0 Å². The largest absolute Gasteiger partial charge is 0.391 e. The number of halogens is 5. The first-order valence-electron chi connectivity index (χ1n) is 8.27. The van der Waals surface area contributed by atoms with Gasteiger partial charge in [-0.15, -0.1) is 0 Å². The molecule has 8 heteroatoms. The lowest BCUT2D eigenvalue weighted by Crippen LogP contribution is -2.47. The van der Waals surface area contributed by atoms with Gasteiger partial charge in [-0.1, -0.05) is 6.42 Å². The first kappa shape index (κ1) is 19.5. The summed E-state index contributed by atoms with van der Waals surface area (Å²) in [7, 11) is 1.52. The zero-order valence-electron chi connectivity index (χ0n) is 14.0. The van der Waals surface area contributed by atoms with Crippen molar-refractivity contribution in [2.24, 2.45) is 10.9 Å². The van der Waals surface area contributed by atoms with Gasteiger partial charge in [0.15, 0.2) is 5.96 Å². The van der Waals surface area contributed by atoms with E-state index in [4.69, 9.17) is 0 Å². The Balaban J connectivity index is 1.83. The number of hydrogen-bond acceptors (Lipinski definition) is 1. The molecule has 1 saturated carbocycles. The SMILES string of the molecule is CN=C(NCCc1cc(F)ccc1F)NC1CCCC(C(F)(F)F)C1. The van der Waals surface area contributed by atoms with Gasteiger partial charge in [-0.05, 0) is 49.4 Å². The van der Waals surface area contributed by atoms with Gasteiger partial charge in [0.2, 0.25) is 0 Å². The summed E-state index contributed by atoms with van der Waals surface area (Å²) in [6, 6.07) is 2.93. The molecule has 1 aliphatic rings. The van der Waals surface area contributed by atoms with E-state index < -0.39 is 23.7 Å². The summed E-state index contributed by atoms with van der Waals surface area (Å²) in [4.78, 5) is 3.99. The smallest absolute Gasteiger partial charge is 0.356 e. The van der Waals surface area contributed by atoms with Crippen LogP contribution in [-0.4, -0.2) is 31.8 Å². The van der Waals surface area contributed by atoms with Crippen LogP contribution in [0.3, 0.4) is 0 Å². The van der Waals surface area contributed by atoms with Gasteiger partial charge in [0.05, 0.1) is 5.92 Å². The molecule has 0 aromatic heterocycles. The molecule has 1 aromatic rings. The second-order valence-corrected chi connectivity index (χ2v) is 6.23. The highest BCUT2D eigenvalue weighted by atomic mass is 19.4. The van der Waals surface area contributed by atoms with Gasteiger partial charge in [-0.25, -0.2) is 8.78 Å². The van der Waals surface area contributed by atoms with Crippen molar-refractivity contribution < 1.29 is 22.0 Å². The minimum atomic E-state index is -4.17. The molecule has 0 bridgehead atoms. The second-order valence-electron chi connectivity index (χ2n) is 6.23. The minimum Gasteiger partial charge on any atom is -0.356 e. The molecule has 1 aromatic carbocycles. The van der Waals surface area contributed by atoms with Crippen molar-refractivity contribution in [2.75, 3.05) is 13.6 Å². The quantitative estimate of drug-likeness (QED) is 0.485. The van der Waals surface area contributed by atoms with Gasteiger partial charge in [0, 0.05) is 19.6 Å². The molecule has 0 heterocycles. The van der Waals surface area contributed by atoms with E-state index in [2.05, 4.69) is 15.6 Å². The van der Waals surface area contributed by atoms with Crippen molar-refractivity contribution in [1.82, 2.24) is 10.6 Å². The number of rotatable bonds is 4. The van der Waals surface area contributed by atoms with Crippen molar-refractivity contribution in [3.05, 3.63) is 35.4 Å². The maximum absolute atomic E-state index is 13.6. The van der Waals surface area contributed by atoms with Crippen LogP contribution in [0.4, 0.5) is 22.0 Å². The van der Waals surface area contributed by atoms with Crippen LogP contribution < -0.4 is 10.6 Å². The molecule has 2 rings (SSSR count). The van der Waals surface area contributed by atoms with Gasteiger partial charge in [-0.3, -0.25) is 4.99 Å². The first-order valence-corrected chi connectivity index (χ1v) is 8.27. The lowest BCUT2D eigenvalue weighted by Gasteiger charge is -2.31. The Bertz CT molecular complexity index is 600. The topological polar surface area (TPSA) is 36.4 Å². The molecular weight excluding hydrogens is 341 g/mol. The molecule has 0 radical (unpaired) electrons. The summed E-state index contributed by atoms with van der Waals surface area (Å²) < 4.78 is 65.2. The number of nitrogens with one attached hydrogen (secondary N) is 2. The molecule has 2 unspecified atom stereocenters. The third-order valence-corrected chi connectivity index (χ3v) is 4.40. The molecule has 0 amide bonds. The summed E-state index contributed by atoms with van der Waals surface area (Å²) in [5, 5.41) is 5.93. The summed E-state index contributed by atoms with van der Waals surface area (Å²) in [5.74, 6) is -1.94. The highest BCUT2D eigenvalue weighted by molar-refractivity contribution is 5.79. The third kappa shape index (κ3) is 5.86. The van der Waals surface area contributed by atoms with E-state index in [0.717, 1.165) is 18.2 Å². The van der Waals surface area contributed by atoms with E-state index in [-0.39, 0.29) is 37.4 Å². The van der Waals surface area contributed by atoms with Crippen LogP contribution in [0.5, 0.6) is 0 Å². The van der Waals surface area contributed by atoms with Crippen LogP contribution in [0.15, 0.2) is 23.2 Å². The van der Waals surface area contributed by atoms with Crippen LogP contribution in [0, 0.1) is 17.6 Å². The highest BCUT2D eigenvalue weighted by Gasteiger charge is 2.42. The van der Waals surface area contributed by atoms with E-state index in [1.54, 1.807) is 0 Å². The van der Waals surface area contributed by atoms with Gasteiger partial charge >= 0.3 is 6.18 Å². The molecule has 1 aliphatic carbocycles. The zero-order chi connectivity index (χ0) is 18.4. The monoisotopic (exact) mass is 363 g/mol. The van der Waals surface area contributed by atoms with Crippen LogP contribution in [0.25, 0.3) is 0 Å². The average Bonchev–Trinajstić information content (AvgIpc) is 2.56. The fraction of sp³-hybridized carbons (Fsp3) is 0.588. The number of alkyl halides is 3. The summed E-state index contributed by atoms with van der Waals surface area (Å²) >= 11 is 0. The van der Waals surface area contributed by atoms with E-state index in [1.807, 2.05) is 0 Å². The molecule has 2 atom stereocenters. The summed E-state index contributed by atoms with van der Waals surface area (Å²) in [6.07, 6.45) is -2.61. The molecule has 0 spiro atoms. The highest BCUT2D eigenvalue weighted by Crippen LogP contribution is 2.37. The predicted octanol–water partition coefficient (Wildman–Crippen LogP) is 3.79. The molecule has 3 nitrogen and oxygen atoms in total. The maximum Gasteiger partial charge on any atom is 0.391 e. The third-order valence-electron chi connectivity index (χ3n) is 4.40. The lowest BCUT2D eigenvalue weighted by atomic mass is 9.85. The summed E-state index contributed by atoms with van der Waals surface area (Å²) in [6.45, 7) is 0.287. The molecule has 2 N–H and O–H groups in total. The van der Waals surface area contributed by atoms with Crippen LogP contribution in [-0.2, 0) is 6.42 Å². The number of benzene rings is 1. The molecule has 25 heavy (non-hydrogen) atoms. The Labute approximate surface area is 143 Å². The van der Waals surface area contributed by atoms with Crippen LogP contribution in [0.1, 0.15) is 31.2 Å². The number of guanidine groups is 1. The van der Waals surface area contributed by atoms with E-state index >= 15 is 0 Å². The van der Waals surface area contributed by atoms with Gasteiger partial charge in [-0.2, -0.15) is 13.2 Å². The fourth-order valence-electron chi connectivity index (χ4n) is 3.06. The van der Waals surface area contributed by atoms with E-state index in [0.29, 0.717) is 18.8 Å². The van der Waals surface area contributed by atoms with Crippen LogP contribution >= 0.6 is 0 Å². The number of nitrogens with zero attached hydrogens (tertiary/aromatic N) is 1. The molecule has 1 fully saturated rings. The maximum atomic E-state index is 13.6. The minimum absolute atomic E-state index is 0.0166. The van der Waals surface area contributed by atoms with Gasteiger partial charge in [0.1, 0.15) is 11.6 Å². The predicted molar refractivity (Wildman–Crippen MR) is 86.4 cm³/mol. The molecular formula is C17H22F5N3. The molecule has 0 saturated heterocycles. The van der Waals surface area contributed by atoms with Crippen molar-refractivity contribution in [2.45, 2.75) is 44.3 Å². The van der Waals surface area contributed by atoms with Crippen molar-refractivity contribution >= 4 is 5.96 Å². The van der Waals surface area contributed by atoms with E-state index in [9.17, 15) is 22.0 Å². The Morgan fingerprint density at radius 2 is 2.00 bits per heavy atom. The number of aliphatic imine (C=N–C) groups is 1. The lowest BCUT2D eigenvalue weighted by molar-refractivity contribution is -0.183. The Morgan fingerprint density at radius 1 is 1.24 bits per heavy atom. The second kappa shape index (κ2) is 8.49.